The van der Waals surface area contributed by atoms with Gasteiger partial charge in [0.25, 0.3) is 8.32 Å². The molecule has 2 aliphatic rings. The Bertz CT molecular complexity index is 838. The molecular weight excluding hydrogens is 360 g/mol. The fraction of sp³-hybridized carbons (Fsp3) is 0.680. The van der Waals surface area contributed by atoms with Crippen LogP contribution in [-0.2, 0) is 25.7 Å². The Kier molecular flexibility index (Phi) is 5.41. The zero-order valence-electron chi connectivity index (χ0n) is 18.8. The van der Waals surface area contributed by atoms with E-state index in [0.29, 0.717) is 16.6 Å². The third-order valence-corrected chi connectivity index (χ3v) is 13.5. The molecule has 0 saturated carbocycles. The van der Waals surface area contributed by atoms with Crippen LogP contribution in [0, 0.1) is 0 Å². The average molecular weight is 399 g/mol. The highest BCUT2D eigenvalue weighted by Crippen LogP contribution is 2.48. The predicted molar refractivity (Wildman–Crippen MR) is 121 cm³/mol. The van der Waals surface area contributed by atoms with Crippen molar-refractivity contribution in [3.05, 3.63) is 28.5 Å². The van der Waals surface area contributed by atoms with Gasteiger partial charge in [0.1, 0.15) is 17.1 Å². The minimum atomic E-state index is -1.99. The summed E-state index contributed by atoms with van der Waals surface area (Å²) in [6.45, 7) is 14.3. The molecule has 0 aliphatic heterocycles. The van der Waals surface area contributed by atoms with Crippen molar-refractivity contribution in [3.8, 4) is 5.75 Å². The molecule has 3 heteroatoms. The summed E-state index contributed by atoms with van der Waals surface area (Å²) in [5.74, 6) is 2.40. The molecule has 0 unspecified atom stereocenters. The van der Waals surface area contributed by atoms with E-state index in [9.17, 15) is 0 Å². The second-order valence-electron chi connectivity index (χ2n) is 10.1. The first-order chi connectivity index (χ1) is 13.4. The molecular formula is C25H38O2Si. The van der Waals surface area contributed by atoms with Crippen LogP contribution in [0.4, 0.5) is 0 Å². The molecule has 0 fully saturated rings. The molecule has 1 heterocycles. The summed E-state index contributed by atoms with van der Waals surface area (Å²) in [5.41, 5.74) is 7.36. The van der Waals surface area contributed by atoms with Gasteiger partial charge >= 0.3 is 0 Å². The first-order valence-electron chi connectivity index (χ1n) is 11.6. The molecule has 4 rings (SSSR count). The number of furan rings is 1. The molecule has 0 atom stereocenters. The summed E-state index contributed by atoms with van der Waals surface area (Å²) >= 11 is 0. The molecule has 1 aromatic heterocycles. The molecule has 2 aliphatic carbocycles. The van der Waals surface area contributed by atoms with E-state index in [-0.39, 0.29) is 0 Å². The predicted octanol–water partition coefficient (Wildman–Crippen LogP) is 7.74. The largest absolute Gasteiger partial charge is 0.542 e. The van der Waals surface area contributed by atoms with Crippen LogP contribution in [0.3, 0.4) is 0 Å². The number of hydrogen-bond acceptors (Lipinski definition) is 2. The summed E-state index contributed by atoms with van der Waals surface area (Å²) in [7, 11) is -1.99. The smallest absolute Gasteiger partial charge is 0.258 e. The third kappa shape index (κ3) is 3.05. The third-order valence-electron chi connectivity index (χ3n) is 7.50. The van der Waals surface area contributed by atoms with Crippen molar-refractivity contribution in [1.29, 1.82) is 0 Å². The fourth-order valence-corrected chi connectivity index (χ4v) is 11.5. The van der Waals surface area contributed by atoms with E-state index in [2.05, 4.69) is 47.6 Å². The lowest BCUT2D eigenvalue weighted by Gasteiger charge is -2.42. The molecule has 154 valence electrons. The maximum atomic E-state index is 7.27. The van der Waals surface area contributed by atoms with Crippen molar-refractivity contribution in [2.75, 3.05) is 0 Å². The summed E-state index contributed by atoms with van der Waals surface area (Å²) in [5, 5.41) is 1.34. The van der Waals surface area contributed by atoms with Crippen molar-refractivity contribution in [2.45, 2.75) is 110 Å². The summed E-state index contributed by atoms with van der Waals surface area (Å²) in [6.07, 6.45) is 9.70. The van der Waals surface area contributed by atoms with Crippen molar-refractivity contribution >= 4 is 19.3 Å². The Morgan fingerprint density at radius 2 is 1.36 bits per heavy atom. The van der Waals surface area contributed by atoms with E-state index < -0.39 is 8.32 Å². The zero-order valence-corrected chi connectivity index (χ0v) is 19.8. The van der Waals surface area contributed by atoms with Gasteiger partial charge in [-0.3, -0.25) is 0 Å². The van der Waals surface area contributed by atoms with Gasteiger partial charge < -0.3 is 8.84 Å². The van der Waals surface area contributed by atoms with Crippen molar-refractivity contribution in [3.63, 3.8) is 0 Å². The second kappa shape index (κ2) is 7.55. The zero-order chi connectivity index (χ0) is 20.1. The van der Waals surface area contributed by atoms with Gasteiger partial charge in [-0.2, -0.15) is 0 Å². The Hall–Kier alpha value is -1.22. The van der Waals surface area contributed by atoms with Crippen LogP contribution in [0.25, 0.3) is 11.0 Å². The van der Waals surface area contributed by atoms with Crippen LogP contribution in [0.15, 0.2) is 10.5 Å². The number of hydrogen-bond donors (Lipinski definition) is 0. The van der Waals surface area contributed by atoms with Crippen molar-refractivity contribution < 1.29 is 8.84 Å². The van der Waals surface area contributed by atoms with Crippen molar-refractivity contribution in [1.82, 2.24) is 0 Å². The SMILES string of the molecule is CC(C)[Si](Oc1cc2c(c3oc4c(c13)CCCC4)CCCC2)(C(C)C)C(C)C. The molecule has 2 aromatic rings. The van der Waals surface area contributed by atoms with Gasteiger partial charge in [-0.15, -0.1) is 0 Å². The van der Waals surface area contributed by atoms with Gasteiger partial charge in [-0.1, -0.05) is 41.5 Å². The van der Waals surface area contributed by atoms with Crippen LogP contribution in [0.2, 0.25) is 16.6 Å². The molecule has 0 N–H and O–H groups in total. The van der Waals surface area contributed by atoms with E-state index in [1.54, 1.807) is 0 Å². The van der Waals surface area contributed by atoms with E-state index >= 15 is 0 Å². The molecule has 0 saturated heterocycles. The number of fused-ring (bicyclic) bond motifs is 5. The quantitative estimate of drug-likeness (QED) is 0.480. The van der Waals surface area contributed by atoms with Gasteiger partial charge in [-0.05, 0) is 78.8 Å². The highest BCUT2D eigenvalue weighted by molar-refractivity contribution is 6.78. The lowest BCUT2D eigenvalue weighted by atomic mass is 9.88. The van der Waals surface area contributed by atoms with E-state index in [4.69, 9.17) is 8.84 Å². The second-order valence-corrected chi connectivity index (χ2v) is 15.4. The van der Waals surface area contributed by atoms with Gasteiger partial charge in [0, 0.05) is 12.0 Å². The fourth-order valence-electron chi connectivity index (χ4n) is 6.24. The number of aryl methyl sites for hydroxylation is 4. The molecule has 0 bridgehead atoms. The van der Waals surface area contributed by atoms with Crippen LogP contribution in [-0.4, -0.2) is 8.32 Å². The lowest BCUT2D eigenvalue weighted by Crippen LogP contribution is -2.50. The van der Waals surface area contributed by atoms with Crippen molar-refractivity contribution in [2.24, 2.45) is 0 Å². The molecule has 0 spiro atoms. The van der Waals surface area contributed by atoms with Gasteiger partial charge in [-0.25, -0.2) is 0 Å². The Labute approximate surface area is 172 Å². The molecule has 0 radical (unpaired) electrons. The Morgan fingerprint density at radius 3 is 2.00 bits per heavy atom. The Morgan fingerprint density at radius 1 is 0.786 bits per heavy atom. The molecule has 2 nitrogen and oxygen atoms in total. The van der Waals surface area contributed by atoms with Gasteiger partial charge in [0.2, 0.25) is 0 Å². The van der Waals surface area contributed by atoms with E-state index in [0.717, 1.165) is 18.6 Å². The number of benzene rings is 1. The normalized spacial score (nSPS) is 17.5. The minimum absolute atomic E-state index is 0.585. The topological polar surface area (TPSA) is 22.4 Å². The van der Waals surface area contributed by atoms with E-state index in [1.807, 2.05) is 0 Å². The summed E-state index contributed by atoms with van der Waals surface area (Å²) in [6, 6.07) is 2.43. The van der Waals surface area contributed by atoms with Gasteiger partial charge in [0.15, 0.2) is 0 Å². The summed E-state index contributed by atoms with van der Waals surface area (Å²) < 4.78 is 13.8. The van der Waals surface area contributed by atoms with Gasteiger partial charge in [0.05, 0.1) is 5.39 Å². The van der Waals surface area contributed by atoms with Crippen LogP contribution >= 0.6 is 0 Å². The van der Waals surface area contributed by atoms with Crippen LogP contribution < -0.4 is 4.43 Å². The maximum Gasteiger partial charge on any atom is 0.258 e. The Balaban J connectivity index is 1.94. The maximum absolute atomic E-state index is 7.27. The highest BCUT2D eigenvalue weighted by Gasteiger charge is 2.47. The summed E-state index contributed by atoms with van der Waals surface area (Å²) in [4.78, 5) is 0. The first kappa shape index (κ1) is 20.1. The number of rotatable bonds is 5. The average Bonchev–Trinajstić information content (AvgIpc) is 3.05. The molecule has 1 aromatic carbocycles. The minimum Gasteiger partial charge on any atom is -0.542 e. The highest BCUT2D eigenvalue weighted by atomic mass is 28.4. The van der Waals surface area contributed by atoms with E-state index in [1.165, 1.54) is 71.9 Å². The van der Waals surface area contributed by atoms with Crippen LogP contribution in [0.5, 0.6) is 5.75 Å². The lowest BCUT2D eigenvalue weighted by molar-refractivity contribution is 0.482. The molecule has 28 heavy (non-hydrogen) atoms. The monoisotopic (exact) mass is 398 g/mol. The standard InChI is InChI=1S/C25H38O2Si/c1-16(2)28(17(3)4,18(5)6)27-23-15-19-11-7-8-12-20(19)25-24(23)21-13-9-10-14-22(21)26-25/h15-18H,7-14H2,1-6H3. The molecule has 0 amide bonds. The van der Waals surface area contributed by atoms with Crippen LogP contribution in [0.1, 0.15) is 89.7 Å². The first-order valence-corrected chi connectivity index (χ1v) is 13.8.